The number of aromatic nitrogens is 4. The van der Waals surface area contributed by atoms with Crippen molar-refractivity contribution < 1.29 is 15.0 Å². The van der Waals surface area contributed by atoms with Crippen LogP contribution >= 0.6 is 0 Å². The number of carbonyl (C=O) groups is 1. The SMILES string of the molecule is Cc1c(Nc2nccc3cc(CN4CC[C@@H](O)C4)cnc23)cccc1-c1cccc(Nc2nccc3cc(CN4CC[C@H](C(=O)O)C4)cnc23)c1C. The highest BCUT2D eigenvalue weighted by atomic mass is 16.4. The van der Waals surface area contributed by atoms with E-state index in [2.05, 4.69) is 92.8 Å². The first kappa shape index (κ1) is 33.6. The number of β-amino-alcohol motifs (C(OH)–C–C–N with tert-alkyl or cyclic N) is 1. The van der Waals surface area contributed by atoms with Gasteiger partial charge in [0.25, 0.3) is 0 Å². The van der Waals surface area contributed by atoms with Gasteiger partial charge in [0.15, 0.2) is 11.6 Å². The summed E-state index contributed by atoms with van der Waals surface area (Å²) in [5.74, 6) is 0.362. The minimum atomic E-state index is -0.721. The number of likely N-dealkylation sites (tertiary alicyclic amines) is 2. The Kier molecular flexibility index (Phi) is 9.23. The van der Waals surface area contributed by atoms with E-state index in [1.165, 1.54) is 0 Å². The minimum absolute atomic E-state index is 0.243. The van der Waals surface area contributed by atoms with Gasteiger partial charge in [-0.05, 0) is 103 Å². The molecule has 2 fully saturated rings. The van der Waals surface area contributed by atoms with E-state index in [0.717, 1.165) is 92.6 Å². The van der Waals surface area contributed by atoms with E-state index in [1.54, 1.807) is 6.20 Å². The fourth-order valence-corrected chi connectivity index (χ4v) is 7.60. The quantitative estimate of drug-likeness (QED) is 0.120. The lowest BCUT2D eigenvalue weighted by molar-refractivity contribution is -0.141. The lowest BCUT2D eigenvalue weighted by Crippen LogP contribution is -2.22. The van der Waals surface area contributed by atoms with Crippen molar-refractivity contribution in [2.45, 2.75) is 45.9 Å². The largest absolute Gasteiger partial charge is 0.481 e. The highest BCUT2D eigenvalue weighted by Gasteiger charge is 2.28. The molecule has 2 aliphatic rings. The van der Waals surface area contributed by atoms with Crippen molar-refractivity contribution in [1.29, 1.82) is 0 Å². The summed E-state index contributed by atoms with van der Waals surface area (Å²) >= 11 is 0. The number of benzene rings is 2. The number of anilines is 4. The summed E-state index contributed by atoms with van der Waals surface area (Å²) in [4.78, 5) is 34.8. The maximum atomic E-state index is 11.4. The Morgan fingerprint density at radius 3 is 1.73 bits per heavy atom. The first-order valence-corrected chi connectivity index (χ1v) is 17.9. The molecule has 0 aliphatic carbocycles. The van der Waals surface area contributed by atoms with Crippen LogP contribution in [0.15, 0.2) is 85.5 Å². The van der Waals surface area contributed by atoms with Gasteiger partial charge in [-0.2, -0.15) is 0 Å². The third-order valence-corrected chi connectivity index (χ3v) is 10.5. The van der Waals surface area contributed by atoms with Gasteiger partial charge in [-0.25, -0.2) is 9.97 Å². The van der Waals surface area contributed by atoms with Crippen LogP contribution in [-0.2, 0) is 17.9 Å². The van der Waals surface area contributed by atoms with Gasteiger partial charge in [0.2, 0.25) is 0 Å². The Morgan fingerprint density at radius 1 is 0.731 bits per heavy atom. The second-order valence-electron chi connectivity index (χ2n) is 14.1. The van der Waals surface area contributed by atoms with E-state index in [-0.39, 0.29) is 12.0 Å². The summed E-state index contributed by atoms with van der Waals surface area (Å²) in [5, 5.41) is 28.4. The first-order valence-electron chi connectivity index (χ1n) is 17.9. The number of aliphatic hydroxyl groups is 1. The molecule has 2 aromatic carbocycles. The molecule has 0 spiro atoms. The number of aliphatic carboxylic acids is 1. The van der Waals surface area contributed by atoms with Crippen molar-refractivity contribution in [3.8, 4) is 11.1 Å². The Labute approximate surface area is 302 Å². The number of nitrogens with one attached hydrogen (secondary N) is 2. The zero-order valence-electron chi connectivity index (χ0n) is 29.4. The number of carboxylic acid groups (broad SMARTS) is 1. The summed E-state index contributed by atoms with van der Waals surface area (Å²) in [6.45, 7) is 8.61. The molecular formula is C41H42N8O3. The highest BCUT2D eigenvalue weighted by molar-refractivity contribution is 5.92. The van der Waals surface area contributed by atoms with E-state index in [0.29, 0.717) is 37.7 Å². The topological polar surface area (TPSA) is 140 Å². The lowest BCUT2D eigenvalue weighted by Gasteiger charge is -2.18. The van der Waals surface area contributed by atoms with Gasteiger partial charge in [-0.15, -0.1) is 0 Å². The fraction of sp³-hybridized carbons (Fsp3) is 0.293. The van der Waals surface area contributed by atoms with Crippen molar-refractivity contribution in [2.24, 2.45) is 5.92 Å². The van der Waals surface area contributed by atoms with Crippen LogP contribution in [0.1, 0.15) is 35.1 Å². The molecule has 11 heteroatoms. The normalized spacial score (nSPS) is 18.0. The predicted molar refractivity (Wildman–Crippen MR) is 204 cm³/mol. The van der Waals surface area contributed by atoms with Crippen LogP contribution in [-0.4, -0.2) is 78.2 Å². The number of hydrogen-bond acceptors (Lipinski definition) is 10. The van der Waals surface area contributed by atoms with E-state index in [1.807, 2.05) is 30.7 Å². The maximum Gasteiger partial charge on any atom is 0.307 e. The molecule has 2 aliphatic heterocycles. The van der Waals surface area contributed by atoms with Crippen LogP contribution in [0.5, 0.6) is 0 Å². The maximum absolute atomic E-state index is 11.4. The fourth-order valence-electron chi connectivity index (χ4n) is 7.60. The Morgan fingerprint density at radius 2 is 1.25 bits per heavy atom. The molecular weight excluding hydrogens is 653 g/mol. The predicted octanol–water partition coefficient (Wildman–Crippen LogP) is 6.82. The Bertz CT molecular complexity index is 2300. The summed E-state index contributed by atoms with van der Waals surface area (Å²) in [5.41, 5.74) is 10.0. The highest BCUT2D eigenvalue weighted by Crippen LogP contribution is 2.36. The van der Waals surface area contributed by atoms with Crippen LogP contribution in [0, 0.1) is 19.8 Å². The standard InChI is InChI=1S/C41H42N8O3/c1-25-33(5-3-7-35(25)46-39-37-29(9-13-42-39)17-27(19-44-37)21-48-15-11-31(23-48)41(51)52)34-6-4-8-36(26(34)2)47-40-38-30(10-14-43-40)18-28(20-45-38)22-49-16-12-32(50)24-49/h3-10,13-14,17-20,31-32,50H,11-12,15-16,21-24H2,1-2H3,(H,42,46)(H,43,47)(H,51,52)/t31-,32+/m0/s1. The molecule has 8 rings (SSSR count). The number of aliphatic hydroxyl groups excluding tert-OH is 1. The molecule has 52 heavy (non-hydrogen) atoms. The molecule has 4 N–H and O–H groups in total. The number of nitrogens with zero attached hydrogens (tertiary/aromatic N) is 6. The number of fused-ring (bicyclic) bond motifs is 2. The summed E-state index contributed by atoms with van der Waals surface area (Å²) < 4.78 is 0. The van der Waals surface area contributed by atoms with Crippen LogP contribution in [0.2, 0.25) is 0 Å². The van der Waals surface area contributed by atoms with Gasteiger partial charge in [-0.3, -0.25) is 24.6 Å². The zero-order chi connectivity index (χ0) is 35.8. The molecule has 2 saturated heterocycles. The summed E-state index contributed by atoms with van der Waals surface area (Å²) in [6, 6.07) is 20.8. The number of hydrogen-bond donors (Lipinski definition) is 4. The van der Waals surface area contributed by atoms with Crippen LogP contribution in [0.4, 0.5) is 23.0 Å². The smallest absolute Gasteiger partial charge is 0.307 e. The number of carboxylic acids is 1. The van der Waals surface area contributed by atoms with Crippen LogP contribution < -0.4 is 10.6 Å². The van der Waals surface area contributed by atoms with Crippen LogP contribution in [0.25, 0.3) is 32.9 Å². The molecule has 0 amide bonds. The van der Waals surface area contributed by atoms with Crippen LogP contribution in [0.3, 0.4) is 0 Å². The molecule has 6 heterocycles. The average Bonchev–Trinajstić information content (AvgIpc) is 3.79. The monoisotopic (exact) mass is 694 g/mol. The molecule has 0 radical (unpaired) electrons. The van der Waals surface area contributed by atoms with Gasteiger partial charge in [0, 0.05) is 79.7 Å². The van der Waals surface area contributed by atoms with Gasteiger partial charge in [-0.1, -0.05) is 24.3 Å². The van der Waals surface area contributed by atoms with Crippen molar-refractivity contribution in [3.05, 3.63) is 108 Å². The summed E-state index contributed by atoms with van der Waals surface area (Å²) in [6.07, 6.45) is 8.64. The summed E-state index contributed by atoms with van der Waals surface area (Å²) in [7, 11) is 0. The van der Waals surface area contributed by atoms with E-state index < -0.39 is 5.97 Å². The van der Waals surface area contributed by atoms with Gasteiger partial charge in [0.1, 0.15) is 11.0 Å². The van der Waals surface area contributed by atoms with Gasteiger partial charge < -0.3 is 20.8 Å². The average molecular weight is 695 g/mol. The van der Waals surface area contributed by atoms with E-state index in [4.69, 9.17) is 9.97 Å². The van der Waals surface area contributed by atoms with E-state index in [9.17, 15) is 15.0 Å². The molecule has 4 aromatic heterocycles. The van der Waals surface area contributed by atoms with Gasteiger partial charge in [0.05, 0.1) is 12.0 Å². The molecule has 11 nitrogen and oxygen atoms in total. The molecule has 0 bridgehead atoms. The third kappa shape index (κ3) is 6.90. The second kappa shape index (κ2) is 14.3. The van der Waals surface area contributed by atoms with E-state index >= 15 is 0 Å². The molecule has 2 atom stereocenters. The Hall–Kier alpha value is -5.49. The minimum Gasteiger partial charge on any atom is -0.481 e. The molecule has 0 saturated carbocycles. The third-order valence-electron chi connectivity index (χ3n) is 10.5. The number of pyridine rings is 4. The van der Waals surface area contributed by atoms with Gasteiger partial charge >= 0.3 is 5.97 Å². The van der Waals surface area contributed by atoms with Crippen molar-refractivity contribution in [3.63, 3.8) is 0 Å². The van der Waals surface area contributed by atoms with Crippen molar-refractivity contribution in [1.82, 2.24) is 29.7 Å². The Balaban J connectivity index is 1.02. The zero-order valence-corrected chi connectivity index (χ0v) is 29.4. The molecule has 6 aromatic rings. The lowest BCUT2D eigenvalue weighted by atomic mass is 9.94. The molecule has 0 unspecified atom stereocenters. The first-order chi connectivity index (χ1) is 25.3. The molecule has 264 valence electrons. The van der Waals surface area contributed by atoms with Crippen molar-refractivity contribution >= 4 is 50.8 Å². The number of rotatable bonds is 10. The van der Waals surface area contributed by atoms with Crippen molar-refractivity contribution in [2.75, 3.05) is 36.8 Å². The second-order valence-corrected chi connectivity index (χ2v) is 14.1.